The van der Waals surface area contributed by atoms with Crippen LogP contribution in [0.3, 0.4) is 0 Å². The number of aromatic nitrogens is 1. The van der Waals surface area contributed by atoms with Crippen LogP contribution in [0, 0.1) is 6.92 Å². The summed E-state index contributed by atoms with van der Waals surface area (Å²) < 4.78 is 0. The molecule has 2 N–H and O–H groups in total. The molecular formula is C16H17N3O2. The average molecular weight is 283 g/mol. The number of hydrazine groups is 1. The molecule has 2 aromatic rings. The molecule has 1 heterocycles. The van der Waals surface area contributed by atoms with Crippen LogP contribution in [0.5, 0.6) is 0 Å². The van der Waals surface area contributed by atoms with Gasteiger partial charge in [0, 0.05) is 18.8 Å². The van der Waals surface area contributed by atoms with Gasteiger partial charge >= 0.3 is 0 Å². The van der Waals surface area contributed by atoms with Gasteiger partial charge in [-0.2, -0.15) is 0 Å². The topological polar surface area (TPSA) is 71.1 Å². The Hall–Kier alpha value is -2.69. The second-order valence-electron chi connectivity index (χ2n) is 4.73. The Morgan fingerprint density at radius 2 is 2.00 bits per heavy atom. The molecule has 5 nitrogen and oxygen atoms in total. The zero-order valence-electron chi connectivity index (χ0n) is 11.8. The molecule has 21 heavy (non-hydrogen) atoms. The van der Waals surface area contributed by atoms with Crippen molar-refractivity contribution in [2.75, 3.05) is 0 Å². The number of nitrogens with zero attached hydrogens (tertiary/aromatic N) is 1. The number of carbonyl (C=O) groups is 2. The van der Waals surface area contributed by atoms with Gasteiger partial charge in [-0.3, -0.25) is 25.4 Å². The van der Waals surface area contributed by atoms with E-state index in [0.717, 1.165) is 11.1 Å². The number of carbonyl (C=O) groups excluding carboxylic acids is 2. The zero-order valence-corrected chi connectivity index (χ0v) is 11.8. The lowest BCUT2D eigenvalue weighted by molar-refractivity contribution is -0.121. The minimum absolute atomic E-state index is 0.228. The van der Waals surface area contributed by atoms with Crippen LogP contribution in [-0.4, -0.2) is 16.8 Å². The summed E-state index contributed by atoms with van der Waals surface area (Å²) in [6.07, 6.45) is 3.97. The van der Waals surface area contributed by atoms with Crippen LogP contribution >= 0.6 is 0 Å². The van der Waals surface area contributed by atoms with E-state index in [4.69, 9.17) is 0 Å². The summed E-state index contributed by atoms with van der Waals surface area (Å²) in [5.41, 5.74) is 7.43. The van der Waals surface area contributed by atoms with E-state index in [1.165, 1.54) is 6.20 Å². The Morgan fingerprint density at radius 1 is 1.14 bits per heavy atom. The third-order valence-electron chi connectivity index (χ3n) is 2.96. The van der Waals surface area contributed by atoms with Crippen LogP contribution in [0.4, 0.5) is 0 Å². The highest BCUT2D eigenvalue weighted by Gasteiger charge is 2.07. The molecular weight excluding hydrogens is 266 g/mol. The summed E-state index contributed by atoms with van der Waals surface area (Å²) in [5, 5.41) is 0. The lowest BCUT2D eigenvalue weighted by Crippen LogP contribution is -2.41. The predicted molar refractivity (Wildman–Crippen MR) is 79.3 cm³/mol. The number of hydrogen-bond donors (Lipinski definition) is 2. The molecule has 2 rings (SSSR count). The van der Waals surface area contributed by atoms with Crippen molar-refractivity contribution < 1.29 is 9.59 Å². The summed E-state index contributed by atoms with van der Waals surface area (Å²) in [4.78, 5) is 27.2. The summed E-state index contributed by atoms with van der Waals surface area (Å²) in [6.45, 7) is 2.01. The van der Waals surface area contributed by atoms with Gasteiger partial charge in [-0.1, -0.05) is 29.8 Å². The molecule has 0 aliphatic rings. The van der Waals surface area contributed by atoms with Gasteiger partial charge in [0.25, 0.3) is 5.91 Å². The molecule has 5 heteroatoms. The highest BCUT2D eigenvalue weighted by molar-refractivity contribution is 5.95. The van der Waals surface area contributed by atoms with Crippen LogP contribution in [0.1, 0.15) is 27.9 Å². The first kappa shape index (κ1) is 14.7. The second kappa shape index (κ2) is 7.19. The van der Waals surface area contributed by atoms with Crippen LogP contribution in [-0.2, 0) is 11.2 Å². The van der Waals surface area contributed by atoms with E-state index < -0.39 is 0 Å². The predicted octanol–water partition coefficient (Wildman–Crippen LogP) is 1.78. The Morgan fingerprint density at radius 3 is 2.71 bits per heavy atom. The quantitative estimate of drug-likeness (QED) is 0.840. The number of rotatable bonds is 4. The van der Waals surface area contributed by atoms with E-state index in [0.29, 0.717) is 18.4 Å². The van der Waals surface area contributed by atoms with Gasteiger partial charge < -0.3 is 0 Å². The Balaban J connectivity index is 1.76. The van der Waals surface area contributed by atoms with Crippen LogP contribution in [0.2, 0.25) is 0 Å². The maximum atomic E-state index is 11.7. The van der Waals surface area contributed by atoms with Crippen LogP contribution in [0.25, 0.3) is 0 Å². The first-order valence-corrected chi connectivity index (χ1v) is 6.70. The Bertz CT molecular complexity index is 626. The number of aryl methyl sites for hydroxylation is 2. The maximum absolute atomic E-state index is 11.7. The van der Waals surface area contributed by atoms with E-state index in [1.54, 1.807) is 18.3 Å². The summed E-state index contributed by atoms with van der Waals surface area (Å²) >= 11 is 0. The molecule has 0 atom stereocenters. The molecule has 0 unspecified atom stereocenters. The fraction of sp³-hybridized carbons (Fsp3) is 0.188. The standard InChI is InChI=1S/C16H17N3O2/c1-12-4-2-5-13(10-12)7-8-15(20)18-19-16(21)14-6-3-9-17-11-14/h2-6,9-11H,7-8H2,1H3,(H,18,20)(H,19,21). The fourth-order valence-electron chi connectivity index (χ4n) is 1.88. The monoisotopic (exact) mass is 283 g/mol. The molecule has 0 bridgehead atoms. The van der Waals surface area contributed by atoms with Crippen molar-refractivity contribution in [2.45, 2.75) is 19.8 Å². The minimum Gasteiger partial charge on any atom is -0.273 e. The molecule has 0 saturated carbocycles. The van der Waals surface area contributed by atoms with Crippen molar-refractivity contribution in [3.63, 3.8) is 0 Å². The largest absolute Gasteiger partial charge is 0.273 e. The van der Waals surface area contributed by atoms with E-state index in [2.05, 4.69) is 15.8 Å². The molecule has 2 amide bonds. The first-order chi connectivity index (χ1) is 10.1. The highest BCUT2D eigenvalue weighted by atomic mass is 16.2. The lowest BCUT2D eigenvalue weighted by Gasteiger charge is -2.07. The third kappa shape index (κ3) is 4.72. The van der Waals surface area contributed by atoms with Gasteiger partial charge in [0.15, 0.2) is 0 Å². The number of nitrogens with one attached hydrogen (secondary N) is 2. The van der Waals surface area contributed by atoms with Crippen LogP contribution in [0.15, 0.2) is 48.8 Å². The van der Waals surface area contributed by atoms with Crippen molar-refractivity contribution in [3.8, 4) is 0 Å². The van der Waals surface area contributed by atoms with Crippen LogP contribution < -0.4 is 10.9 Å². The summed E-state index contributed by atoms with van der Waals surface area (Å²) in [6, 6.07) is 11.3. The van der Waals surface area contributed by atoms with Gasteiger partial charge in [0.05, 0.1) is 5.56 Å². The SMILES string of the molecule is Cc1cccc(CCC(=O)NNC(=O)c2cccnc2)c1. The van der Waals surface area contributed by atoms with Crippen molar-refractivity contribution in [2.24, 2.45) is 0 Å². The molecule has 1 aromatic heterocycles. The first-order valence-electron chi connectivity index (χ1n) is 6.70. The molecule has 0 saturated heterocycles. The Labute approximate surface area is 123 Å². The van der Waals surface area contributed by atoms with E-state index >= 15 is 0 Å². The van der Waals surface area contributed by atoms with Gasteiger partial charge in [-0.25, -0.2) is 0 Å². The summed E-state index contributed by atoms with van der Waals surface area (Å²) in [7, 11) is 0. The average Bonchev–Trinajstić information content (AvgIpc) is 2.51. The van der Waals surface area contributed by atoms with Crippen molar-refractivity contribution in [1.29, 1.82) is 0 Å². The number of pyridine rings is 1. The van der Waals surface area contributed by atoms with Crippen molar-refractivity contribution in [3.05, 3.63) is 65.5 Å². The second-order valence-corrected chi connectivity index (χ2v) is 4.73. The number of hydrogen-bond acceptors (Lipinski definition) is 3. The van der Waals surface area contributed by atoms with Gasteiger partial charge in [-0.15, -0.1) is 0 Å². The van der Waals surface area contributed by atoms with Crippen molar-refractivity contribution >= 4 is 11.8 Å². The minimum atomic E-state index is -0.382. The molecule has 1 aromatic carbocycles. The molecule has 0 aliphatic carbocycles. The van der Waals surface area contributed by atoms with Gasteiger partial charge in [0.1, 0.15) is 0 Å². The normalized spacial score (nSPS) is 9.95. The number of benzene rings is 1. The maximum Gasteiger partial charge on any atom is 0.271 e. The molecule has 108 valence electrons. The highest BCUT2D eigenvalue weighted by Crippen LogP contribution is 2.06. The van der Waals surface area contributed by atoms with E-state index in [9.17, 15) is 9.59 Å². The molecule has 0 fully saturated rings. The third-order valence-corrected chi connectivity index (χ3v) is 2.96. The van der Waals surface area contributed by atoms with E-state index in [1.807, 2.05) is 31.2 Å². The van der Waals surface area contributed by atoms with E-state index in [-0.39, 0.29) is 11.8 Å². The molecule has 0 spiro atoms. The summed E-state index contributed by atoms with van der Waals surface area (Å²) in [5.74, 6) is -0.610. The lowest BCUT2D eigenvalue weighted by atomic mass is 10.1. The molecule has 0 aliphatic heterocycles. The van der Waals surface area contributed by atoms with Gasteiger partial charge in [-0.05, 0) is 31.0 Å². The van der Waals surface area contributed by atoms with Gasteiger partial charge in [0.2, 0.25) is 5.91 Å². The smallest absolute Gasteiger partial charge is 0.271 e. The Kier molecular flexibility index (Phi) is 5.04. The molecule has 0 radical (unpaired) electrons. The zero-order chi connectivity index (χ0) is 15.1. The van der Waals surface area contributed by atoms with Crippen molar-refractivity contribution in [1.82, 2.24) is 15.8 Å². The fourth-order valence-corrected chi connectivity index (χ4v) is 1.88. The number of amides is 2.